The van der Waals surface area contributed by atoms with Crippen molar-refractivity contribution in [1.82, 2.24) is 4.90 Å². The van der Waals surface area contributed by atoms with Gasteiger partial charge < -0.3 is 4.90 Å². The number of nitrogens with zero attached hydrogens (tertiary/aromatic N) is 3. The van der Waals surface area contributed by atoms with Crippen LogP contribution in [0.25, 0.3) is 0 Å². The van der Waals surface area contributed by atoms with E-state index in [9.17, 15) is 18.5 Å². The van der Waals surface area contributed by atoms with Crippen molar-refractivity contribution in [2.75, 3.05) is 24.4 Å². The number of nitro groups is 1. The second kappa shape index (κ2) is 6.31. The van der Waals surface area contributed by atoms with E-state index in [1.54, 1.807) is 4.31 Å². The van der Waals surface area contributed by atoms with E-state index >= 15 is 0 Å². The molecule has 0 saturated carbocycles. The van der Waals surface area contributed by atoms with E-state index in [4.69, 9.17) is 0 Å². The SMILES string of the molecule is Cc1ccc2c(c1)C1CN(C)CCC1N2S(=O)(=O)c1ccc([N+](=O)[O-])cc1. The Hall–Kier alpha value is -2.45. The highest BCUT2D eigenvalue weighted by Crippen LogP contribution is 2.47. The van der Waals surface area contributed by atoms with Crippen LogP contribution in [0.2, 0.25) is 0 Å². The first-order valence-electron chi connectivity index (χ1n) is 8.87. The van der Waals surface area contributed by atoms with E-state index in [-0.39, 0.29) is 22.5 Å². The van der Waals surface area contributed by atoms with Crippen LogP contribution in [0, 0.1) is 17.0 Å². The molecule has 0 aliphatic carbocycles. The van der Waals surface area contributed by atoms with Crippen molar-refractivity contribution in [1.29, 1.82) is 0 Å². The first kappa shape index (κ1) is 17.9. The molecule has 2 unspecified atom stereocenters. The molecule has 0 N–H and O–H groups in total. The number of sulfonamides is 1. The molecule has 1 fully saturated rings. The van der Waals surface area contributed by atoms with Crippen LogP contribution in [0.15, 0.2) is 47.4 Å². The van der Waals surface area contributed by atoms with Gasteiger partial charge in [0.05, 0.1) is 21.5 Å². The average Bonchev–Trinajstić information content (AvgIpc) is 2.95. The number of fused-ring (bicyclic) bond motifs is 3. The summed E-state index contributed by atoms with van der Waals surface area (Å²) < 4.78 is 28.4. The Morgan fingerprint density at radius 3 is 2.52 bits per heavy atom. The van der Waals surface area contributed by atoms with Crippen LogP contribution in [-0.4, -0.2) is 44.4 Å². The molecule has 27 heavy (non-hydrogen) atoms. The number of hydrogen-bond donors (Lipinski definition) is 0. The van der Waals surface area contributed by atoms with E-state index in [0.29, 0.717) is 0 Å². The molecule has 2 aliphatic heterocycles. The molecule has 142 valence electrons. The molecular weight excluding hydrogens is 366 g/mol. The van der Waals surface area contributed by atoms with Gasteiger partial charge in [0.15, 0.2) is 0 Å². The fourth-order valence-corrected chi connectivity index (χ4v) is 5.94. The third-order valence-corrected chi connectivity index (χ3v) is 7.36. The van der Waals surface area contributed by atoms with E-state index in [1.807, 2.05) is 19.1 Å². The lowest BCUT2D eigenvalue weighted by Crippen LogP contribution is -2.47. The molecule has 2 aliphatic rings. The highest BCUT2D eigenvalue weighted by Gasteiger charge is 2.46. The molecule has 2 aromatic rings. The van der Waals surface area contributed by atoms with Crippen LogP contribution in [0.1, 0.15) is 23.5 Å². The summed E-state index contributed by atoms with van der Waals surface area (Å²) in [6, 6.07) is 10.9. The normalized spacial score (nSPS) is 22.4. The first-order valence-corrected chi connectivity index (χ1v) is 10.3. The van der Waals surface area contributed by atoms with Crippen molar-refractivity contribution < 1.29 is 13.3 Å². The van der Waals surface area contributed by atoms with Gasteiger partial charge in [-0.1, -0.05) is 17.7 Å². The topological polar surface area (TPSA) is 83.8 Å². The lowest BCUT2D eigenvalue weighted by atomic mass is 9.89. The molecule has 0 aromatic heterocycles. The van der Waals surface area contributed by atoms with Gasteiger partial charge in [-0.3, -0.25) is 14.4 Å². The van der Waals surface area contributed by atoms with Crippen molar-refractivity contribution in [2.45, 2.75) is 30.2 Å². The molecule has 2 atom stereocenters. The summed E-state index contributed by atoms with van der Waals surface area (Å²) in [6.45, 7) is 3.66. The minimum atomic E-state index is -3.80. The van der Waals surface area contributed by atoms with Crippen LogP contribution in [0.5, 0.6) is 0 Å². The minimum absolute atomic E-state index is 0.0826. The van der Waals surface area contributed by atoms with Crippen molar-refractivity contribution in [2.24, 2.45) is 0 Å². The summed E-state index contributed by atoms with van der Waals surface area (Å²) in [6.07, 6.45) is 0.751. The maximum Gasteiger partial charge on any atom is 0.269 e. The van der Waals surface area contributed by atoms with Crippen molar-refractivity contribution in [3.05, 3.63) is 63.7 Å². The molecule has 0 bridgehead atoms. The Morgan fingerprint density at radius 1 is 1.15 bits per heavy atom. The summed E-state index contributed by atoms with van der Waals surface area (Å²) in [5.41, 5.74) is 2.78. The Balaban J connectivity index is 1.81. The predicted molar refractivity (Wildman–Crippen MR) is 103 cm³/mol. The van der Waals surface area contributed by atoms with Crippen LogP contribution in [0.3, 0.4) is 0 Å². The van der Waals surface area contributed by atoms with Gasteiger partial charge in [-0.15, -0.1) is 0 Å². The molecule has 2 aromatic carbocycles. The molecule has 2 heterocycles. The Morgan fingerprint density at radius 2 is 1.85 bits per heavy atom. The van der Waals surface area contributed by atoms with Gasteiger partial charge in [0.1, 0.15) is 0 Å². The largest absolute Gasteiger partial charge is 0.306 e. The van der Waals surface area contributed by atoms with Gasteiger partial charge in [-0.05, 0) is 50.7 Å². The maximum absolute atomic E-state index is 13.4. The summed E-state index contributed by atoms with van der Waals surface area (Å²) in [5, 5.41) is 10.9. The number of piperidine rings is 1. The van der Waals surface area contributed by atoms with E-state index < -0.39 is 14.9 Å². The summed E-state index contributed by atoms with van der Waals surface area (Å²) in [4.78, 5) is 12.7. The summed E-state index contributed by atoms with van der Waals surface area (Å²) in [5.74, 6) is 0.131. The highest BCUT2D eigenvalue weighted by atomic mass is 32.2. The van der Waals surface area contributed by atoms with Crippen molar-refractivity contribution in [3.63, 3.8) is 0 Å². The number of benzene rings is 2. The van der Waals surface area contributed by atoms with E-state index in [1.165, 1.54) is 24.3 Å². The standard InChI is InChI=1S/C19H21N3O4S/c1-13-3-8-18-16(11-13)17-12-20(2)10-9-19(17)21(18)27(25,26)15-6-4-14(5-7-15)22(23)24/h3-8,11,17,19H,9-10,12H2,1-2H3. The third-order valence-electron chi connectivity index (χ3n) is 5.50. The zero-order valence-corrected chi connectivity index (χ0v) is 16.0. The van der Waals surface area contributed by atoms with Gasteiger partial charge in [-0.25, -0.2) is 8.42 Å². The smallest absolute Gasteiger partial charge is 0.269 e. The third kappa shape index (κ3) is 2.89. The van der Waals surface area contributed by atoms with Crippen LogP contribution < -0.4 is 4.31 Å². The van der Waals surface area contributed by atoms with Gasteiger partial charge in [0, 0.05) is 24.6 Å². The van der Waals surface area contributed by atoms with Gasteiger partial charge in [0.2, 0.25) is 0 Å². The number of nitro benzene ring substituents is 1. The molecule has 0 radical (unpaired) electrons. The Bertz CT molecular complexity index is 1000. The first-order chi connectivity index (χ1) is 12.8. The lowest BCUT2D eigenvalue weighted by Gasteiger charge is -2.36. The summed E-state index contributed by atoms with van der Waals surface area (Å²) >= 11 is 0. The fraction of sp³-hybridized carbons (Fsp3) is 0.368. The van der Waals surface area contributed by atoms with Crippen molar-refractivity contribution in [3.8, 4) is 0 Å². The number of aryl methyl sites for hydroxylation is 1. The predicted octanol–water partition coefficient (Wildman–Crippen LogP) is 2.90. The van der Waals surface area contributed by atoms with Crippen LogP contribution >= 0.6 is 0 Å². The zero-order valence-electron chi connectivity index (χ0n) is 15.2. The molecule has 8 heteroatoms. The second-order valence-corrected chi connectivity index (χ2v) is 9.15. The summed E-state index contributed by atoms with van der Waals surface area (Å²) in [7, 11) is -1.75. The molecule has 0 amide bonds. The number of likely N-dealkylation sites (N-methyl/N-ethyl adjacent to an activating group) is 1. The number of non-ortho nitro benzene ring substituents is 1. The van der Waals surface area contributed by atoms with Crippen LogP contribution in [0.4, 0.5) is 11.4 Å². The number of anilines is 1. The quantitative estimate of drug-likeness (QED) is 0.597. The lowest BCUT2D eigenvalue weighted by molar-refractivity contribution is -0.384. The molecule has 0 spiro atoms. The number of rotatable bonds is 3. The van der Waals surface area contributed by atoms with Gasteiger partial charge in [-0.2, -0.15) is 0 Å². The highest BCUT2D eigenvalue weighted by molar-refractivity contribution is 7.92. The Kier molecular flexibility index (Phi) is 4.20. The monoisotopic (exact) mass is 387 g/mol. The Labute approximate surface area is 158 Å². The average molecular weight is 387 g/mol. The second-order valence-electron chi connectivity index (χ2n) is 7.34. The molecule has 7 nitrogen and oxygen atoms in total. The molecule has 4 rings (SSSR count). The van der Waals surface area contributed by atoms with E-state index in [2.05, 4.69) is 18.0 Å². The molecule has 1 saturated heterocycles. The van der Waals surface area contributed by atoms with Crippen molar-refractivity contribution >= 4 is 21.4 Å². The van der Waals surface area contributed by atoms with Gasteiger partial charge >= 0.3 is 0 Å². The number of hydrogen-bond acceptors (Lipinski definition) is 5. The zero-order chi connectivity index (χ0) is 19.3. The van der Waals surface area contributed by atoms with Gasteiger partial charge in [0.25, 0.3) is 15.7 Å². The number of likely N-dealkylation sites (tertiary alicyclic amines) is 1. The fourth-order valence-electron chi connectivity index (χ4n) is 4.20. The maximum atomic E-state index is 13.4. The van der Waals surface area contributed by atoms with Crippen LogP contribution in [-0.2, 0) is 10.0 Å². The minimum Gasteiger partial charge on any atom is -0.306 e. The van der Waals surface area contributed by atoms with E-state index in [0.717, 1.165) is 36.3 Å². The molecular formula is C19H21N3O4S.